The molecule has 0 aliphatic carbocycles. The second kappa shape index (κ2) is 8.83. The third-order valence-electron chi connectivity index (χ3n) is 7.77. The van der Waals surface area contributed by atoms with E-state index < -0.39 is 7.12 Å². The monoisotopic (exact) mass is 458 g/mol. The average Bonchev–Trinajstić information content (AvgIpc) is 3.05. The lowest BCUT2D eigenvalue weighted by atomic mass is 9.70. The Balaban J connectivity index is 1.62. The van der Waals surface area contributed by atoms with Crippen LogP contribution in [0.2, 0.25) is 0 Å². The van der Waals surface area contributed by atoms with E-state index in [4.69, 9.17) is 19.0 Å². The molecule has 1 saturated heterocycles. The van der Waals surface area contributed by atoms with E-state index in [1.807, 2.05) is 18.5 Å². The van der Waals surface area contributed by atoms with Crippen LogP contribution in [0.1, 0.15) is 59.7 Å². The normalized spacial score (nSPS) is 18.7. The number of hydrogen-bond donors (Lipinski definition) is 0. The summed E-state index contributed by atoms with van der Waals surface area (Å²) in [7, 11) is 1.25. The molecule has 34 heavy (non-hydrogen) atoms. The number of methoxy groups -OCH3 is 1. The molecule has 4 rings (SSSR count). The van der Waals surface area contributed by atoms with Gasteiger partial charge in [-0.05, 0) is 63.8 Å². The molecule has 0 N–H and O–H groups in total. The zero-order chi connectivity index (χ0) is 24.7. The van der Waals surface area contributed by atoms with Crippen LogP contribution in [0, 0.1) is 5.92 Å². The van der Waals surface area contributed by atoms with Gasteiger partial charge in [0, 0.05) is 28.8 Å². The fraction of sp³-hybridized carbons (Fsp3) is 0.429. The minimum Gasteiger partial charge on any atom is -0.495 e. The number of benzene rings is 1. The molecule has 1 aromatic carbocycles. The fourth-order valence-corrected chi connectivity index (χ4v) is 4.31. The summed E-state index contributed by atoms with van der Waals surface area (Å²) < 4.78 is 17.7. The molecule has 6 heteroatoms. The van der Waals surface area contributed by atoms with Gasteiger partial charge in [-0.15, -0.1) is 0 Å². The predicted molar refractivity (Wildman–Crippen MR) is 137 cm³/mol. The molecule has 0 spiro atoms. The van der Waals surface area contributed by atoms with Gasteiger partial charge in [0.1, 0.15) is 5.75 Å². The van der Waals surface area contributed by atoms with Crippen molar-refractivity contribution in [3.63, 3.8) is 0 Å². The van der Waals surface area contributed by atoms with E-state index in [1.165, 1.54) is 5.56 Å². The number of hydrogen-bond acceptors (Lipinski definition) is 5. The van der Waals surface area contributed by atoms with Crippen molar-refractivity contribution >= 4 is 12.6 Å². The van der Waals surface area contributed by atoms with Crippen molar-refractivity contribution in [2.45, 2.75) is 65.1 Å². The van der Waals surface area contributed by atoms with Gasteiger partial charge in [0.15, 0.2) is 0 Å². The SMILES string of the molecule is COc1cncc(-c2ccc(C(C)(c3ccc(B4OC(C)(C)C(C)(C)O4)cn3)C(C)C)cc2)c1. The molecule has 1 aliphatic rings. The zero-order valence-electron chi connectivity index (χ0n) is 21.5. The van der Waals surface area contributed by atoms with Crippen LogP contribution in [0.5, 0.6) is 5.75 Å². The maximum Gasteiger partial charge on any atom is 0.496 e. The van der Waals surface area contributed by atoms with Gasteiger partial charge >= 0.3 is 7.12 Å². The second-order valence-corrected chi connectivity index (χ2v) is 10.6. The lowest BCUT2D eigenvalue weighted by Crippen LogP contribution is -2.41. The van der Waals surface area contributed by atoms with Gasteiger partial charge in [-0.2, -0.15) is 0 Å². The highest BCUT2D eigenvalue weighted by Crippen LogP contribution is 2.39. The highest BCUT2D eigenvalue weighted by Gasteiger charge is 2.51. The van der Waals surface area contributed by atoms with Crippen molar-refractivity contribution in [1.29, 1.82) is 0 Å². The Morgan fingerprint density at radius 1 is 0.882 bits per heavy atom. The number of nitrogens with zero attached hydrogens (tertiary/aromatic N) is 2. The molecule has 1 atom stereocenters. The molecule has 3 aromatic rings. The van der Waals surface area contributed by atoms with E-state index in [0.717, 1.165) is 28.0 Å². The van der Waals surface area contributed by atoms with Crippen molar-refractivity contribution in [3.8, 4) is 16.9 Å². The van der Waals surface area contributed by atoms with Gasteiger partial charge < -0.3 is 14.0 Å². The van der Waals surface area contributed by atoms with Crippen LogP contribution in [0.3, 0.4) is 0 Å². The summed E-state index contributed by atoms with van der Waals surface area (Å²) in [4.78, 5) is 9.19. The first-order valence-corrected chi connectivity index (χ1v) is 11.9. The zero-order valence-corrected chi connectivity index (χ0v) is 21.5. The molecule has 0 amide bonds. The lowest BCUT2D eigenvalue weighted by Gasteiger charge is -2.34. The van der Waals surface area contributed by atoms with E-state index in [9.17, 15) is 0 Å². The van der Waals surface area contributed by atoms with Crippen LogP contribution in [0.25, 0.3) is 11.1 Å². The quantitative estimate of drug-likeness (QED) is 0.462. The molecule has 0 bridgehead atoms. The number of aromatic nitrogens is 2. The minimum atomic E-state index is -0.410. The molecular weight excluding hydrogens is 423 g/mol. The van der Waals surface area contributed by atoms with E-state index >= 15 is 0 Å². The van der Waals surface area contributed by atoms with Gasteiger partial charge in [-0.25, -0.2) is 0 Å². The molecule has 5 nitrogen and oxygen atoms in total. The average molecular weight is 458 g/mol. The van der Waals surface area contributed by atoms with E-state index in [-0.39, 0.29) is 16.6 Å². The smallest absolute Gasteiger partial charge is 0.495 e. The van der Waals surface area contributed by atoms with Crippen LogP contribution in [-0.2, 0) is 14.7 Å². The summed E-state index contributed by atoms with van der Waals surface area (Å²) in [5.41, 5.74) is 4.32. The molecule has 2 aromatic heterocycles. The van der Waals surface area contributed by atoms with Crippen LogP contribution in [0.4, 0.5) is 0 Å². The molecule has 1 fully saturated rings. The van der Waals surface area contributed by atoms with Gasteiger partial charge in [0.05, 0.1) is 30.2 Å². The first kappa shape index (κ1) is 24.4. The van der Waals surface area contributed by atoms with E-state index in [2.05, 4.69) is 89.8 Å². The first-order valence-electron chi connectivity index (χ1n) is 11.9. The molecule has 1 unspecified atom stereocenters. The highest BCUT2D eigenvalue weighted by atomic mass is 16.7. The van der Waals surface area contributed by atoms with Gasteiger partial charge in [-0.3, -0.25) is 9.97 Å². The van der Waals surface area contributed by atoms with E-state index in [1.54, 1.807) is 13.3 Å². The predicted octanol–water partition coefficient (Wildman–Crippen LogP) is 5.41. The minimum absolute atomic E-state index is 0.250. The first-order chi connectivity index (χ1) is 16.0. The molecule has 1 aliphatic heterocycles. The van der Waals surface area contributed by atoms with E-state index in [0.29, 0.717) is 5.92 Å². The largest absolute Gasteiger partial charge is 0.496 e. The van der Waals surface area contributed by atoms with Crippen LogP contribution in [0.15, 0.2) is 61.1 Å². The summed E-state index contributed by atoms with van der Waals surface area (Å²) in [6, 6.07) is 14.9. The summed E-state index contributed by atoms with van der Waals surface area (Å²) in [6.45, 7) is 15.0. The fourth-order valence-electron chi connectivity index (χ4n) is 4.31. The molecule has 3 heterocycles. The number of pyridine rings is 2. The Bertz CT molecular complexity index is 1130. The Morgan fingerprint density at radius 2 is 1.53 bits per heavy atom. The van der Waals surface area contributed by atoms with Crippen molar-refractivity contribution in [3.05, 3.63) is 72.3 Å². The van der Waals surface area contributed by atoms with Gasteiger partial charge in [-0.1, -0.05) is 44.2 Å². The molecule has 0 radical (unpaired) electrons. The van der Waals surface area contributed by atoms with Gasteiger partial charge in [0.25, 0.3) is 0 Å². The number of rotatable bonds is 6. The summed E-state index contributed by atoms with van der Waals surface area (Å²) in [5, 5.41) is 0. The topological polar surface area (TPSA) is 53.5 Å². The van der Waals surface area contributed by atoms with Gasteiger partial charge in [0.2, 0.25) is 0 Å². The number of ether oxygens (including phenoxy) is 1. The summed E-state index contributed by atoms with van der Waals surface area (Å²) in [5.74, 6) is 1.09. The van der Waals surface area contributed by atoms with Crippen molar-refractivity contribution in [2.75, 3.05) is 7.11 Å². The molecule has 178 valence electrons. The van der Waals surface area contributed by atoms with Crippen molar-refractivity contribution < 1.29 is 14.0 Å². The highest BCUT2D eigenvalue weighted by molar-refractivity contribution is 6.62. The Morgan fingerprint density at radius 3 is 2.06 bits per heavy atom. The molecule has 0 saturated carbocycles. The summed E-state index contributed by atoms with van der Waals surface area (Å²) in [6.07, 6.45) is 5.47. The standard InChI is InChI=1S/C28H35BN2O3/c1-19(2)28(7,22-11-9-20(10-12-22)21-15-24(32-8)18-30-16-21)25-14-13-23(17-31-25)29-33-26(3,4)27(5,6)34-29/h9-19H,1-8H3. The third kappa shape index (κ3) is 4.25. The van der Waals surface area contributed by atoms with Crippen LogP contribution >= 0.6 is 0 Å². The summed E-state index contributed by atoms with van der Waals surface area (Å²) >= 11 is 0. The lowest BCUT2D eigenvalue weighted by molar-refractivity contribution is 0.00578. The maximum absolute atomic E-state index is 6.20. The Kier molecular flexibility index (Phi) is 6.34. The maximum atomic E-state index is 6.20. The van der Waals surface area contributed by atoms with Crippen LogP contribution < -0.4 is 10.2 Å². The second-order valence-electron chi connectivity index (χ2n) is 10.6. The van der Waals surface area contributed by atoms with Crippen molar-refractivity contribution in [1.82, 2.24) is 9.97 Å². The molecular formula is C28H35BN2O3. The Labute approximate surface area is 204 Å². The third-order valence-corrected chi connectivity index (χ3v) is 7.77. The van der Waals surface area contributed by atoms with Crippen LogP contribution in [-0.4, -0.2) is 35.4 Å². The van der Waals surface area contributed by atoms with Crippen molar-refractivity contribution in [2.24, 2.45) is 5.92 Å². The Hall–Kier alpha value is -2.70.